The van der Waals surface area contributed by atoms with Gasteiger partial charge < -0.3 is 4.42 Å². The number of hydrogen-bond donors (Lipinski definition) is 1. The van der Waals surface area contributed by atoms with Crippen molar-refractivity contribution < 1.29 is 13.2 Å². The lowest BCUT2D eigenvalue weighted by atomic mass is 10.1. The number of rotatable bonds is 6. The number of nitrogens with one attached hydrogen (secondary N) is 1. The molecule has 3 rings (SSSR count). The Hall–Kier alpha value is -2.25. The highest BCUT2D eigenvalue weighted by Crippen LogP contribution is 2.34. The molecule has 0 bridgehead atoms. The molecule has 2 aromatic rings. The van der Waals surface area contributed by atoms with Gasteiger partial charge in [-0.15, -0.1) is 0 Å². The van der Waals surface area contributed by atoms with E-state index in [9.17, 15) is 23.2 Å². The van der Waals surface area contributed by atoms with Gasteiger partial charge in [-0.25, -0.2) is 18.4 Å². The largest absolute Gasteiger partial charge is 0.405 e. The van der Waals surface area contributed by atoms with Crippen LogP contribution in [0.3, 0.4) is 0 Å². The van der Waals surface area contributed by atoms with Gasteiger partial charge in [-0.05, 0) is 24.3 Å². The number of aromatic nitrogens is 2. The highest BCUT2D eigenvalue weighted by molar-refractivity contribution is 5.75. The molecule has 124 valence electrons. The van der Waals surface area contributed by atoms with Crippen molar-refractivity contribution in [2.75, 3.05) is 0 Å². The normalized spacial score (nSPS) is 14.7. The molecule has 1 N–H and O–H groups in total. The zero-order valence-electron chi connectivity index (χ0n) is 12.3. The lowest BCUT2D eigenvalue weighted by molar-refractivity contribution is 0.123. The van der Waals surface area contributed by atoms with E-state index < -0.39 is 29.8 Å². The number of hydrogen-bond acceptors (Lipinski definition) is 4. The van der Waals surface area contributed by atoms with Crippen LogP contribution in [-0.2, 0) is 13.0 Å². The Morgan fingerprint density at radius 3 is 2.70 bits per heavy atom. The molecule has 1 aliphatic rings. The topological polar surface area (TPSA) is 85.1 Å². The minimum Gasteiger partial charge on any atom is -0.405 e. The van der Waals surface area contributed by atoms with Gasteiger partial charge in [0, 0.05) is 6.07 Å². The summed E-state index contributed by atoms with van der Waals surface area (Å²) in [5.74, 6) is 0.705. The number of H-pyrrole nitrogens is 1. The third-order valence-corrected chi connectivity index (χ3v) is 4.04. The fourth-order valence-electron chi connectivity index (χ4n) is 2.74. The third kappa shape index (κ3) is 3.40. The molecule has 0 spiro atoms. The number of alkyl halides is 2. The lowest BCUT2D eigenvalue weighted by Crippen LogP contribution is -2.37. The van der Waals surface area contributed by atoms with Crippen LogP contribution in [0.25, 0.3) is 11.1 Å². The molecule has 6 nitrogen and oxygen atoms in total. The average molecular weight is 326 g/mol. The van der Waals surface area contributed by atoms with Gasteiger partial charge in [0.05, 0.1) is 6.54 Å². The second-order valence-electron chi connectivity index (χ2n) is 5.87. The first-order chi connectivity index (χ1) is 11.0. The summed E-state index contributed by atoms with van der Waals surface area (Å²) >= 11 is 0. The molecule has 1 saturated carbocycles. The maximum Gasteiger partial charge on any atom is 0.337 e. The summed E-state index contributed by atoms with van der Waals surface area (Å²) in [5.41, 5.74) is -2.36. The predicted octanol–water partition coefficient (Wildman–Crippen LogP) is 1.64. The summed E-state index contributed by atoms with van der Waals surface area (Å²) in [7, 11) is 0. The van der Waals surface area contributed by atoms with Crippen LogP contribution in [-0.4, -0.2) is 16.0 Å². The first-order valence-electron chi connectivity index (χ1n) is 7.53. The van der Waals surface area contributed by atoms with Crippen molar-refractivity contribution in [1.82, 2.24) is 9.55 Å². The summed E-state index contributed by atoms with van der Waals surface area (Å²) in [4.78, 5) is 37.9. The number of halogens is 2. The standard InChI is InChI=1S/C15H16F2N2O4/c16-10(17)7-19-14(21)12-9(3-1-2-8-4-5-8)6-11(20)23-13(12)18-15(19)22/h6,8,10H,1-5,7H2,(H,18,22). The van der Waals surface area contributed by atoms with E-state index in [-0.39, 0.29) is 11.1 Å². The molecule has 0 aliphatic heterocycles. The number of nitrogens with zero attached hydrogens (tertiary/aromatic N) is 1. The van der Waals surface area contributed by atoms with Crippen LogP contribution in [0.5, 0.6) is 0 Å². The van der Waals surface area contributed by atoms with E-state index in [2.05, 4.69) is 4.98 Å². The molecule has 2 heterocycles. The second kappa shape index (κ2) is 6.10. The Kier molecular flexibility index (Phi) is 4.14. The van der Waals surface area contributed by atoms with Crippen molar-refractivity contribution in [3.63, 3.8) is 0 Å². The molecule has 1 fully saturated rings. The smallest absolute Gasteiger partial charge is 0.337 e. The summed E-state index contributed by atoms with van der Waals surface area (Å²) in [6.45, 7) is -0.995. The van der Waals surface area contributed by atoms with Gasteiger partial charge in [-0.3, -0.25) is 14.3 Å². The number of aryl methyl sites for hydroxylation is 1. The molecule has 1 aliphatic carbocycles. The van der Waals surface area contributed by atoms with Crippen molar-refractivity contribution in [2.45, 2.75) is 45.1 Å². The molecular formula is C15H16F2N2O4. The van der Waals surface area contributed by atoms with Crippen molar-refractivity contribution in [1.29, 1.82) is 0 Å². The van der Waals surface area contributed by atoms with Crippen LogP contribution in [0.1, 0.15) is 31.2 Å². The summed E-state index contributed by atoms with van der Waals surface area (Å²) in [6.07, 6.45) is 1.82. The molecule has 0 aromatic carbocycles. The minimum absolute atomic E-state index is 0.000599. The number of aromatic amines is 1. The van der Waals surface area contributed by atoms with Gasteiger partial charge in [-0.1, -0.05) is 19.3 Å². The monoisotopic (exact) mass is 326 g/mol. The average Bonchev–Trinajstić information content (AvgIpc) is 3.26. The van der Waals surface area contributed by atoms with E-state index in [0.29, 0.717) is 22.5 Å². The van der Waals surface area contributed by atoms with Crippen molar-refractivity contribution in [2.24, 2.45) is 5.92 Å². The molecule has 2 aromatic heterocycles. The Labute approximate surface area is 128 Å². The maximum absolute atomic E-state index is 12.6. The van der Waals surface area contributed by atoms with Crippen molar-refractivity contribution >= 4 is 11.1 Å². The summed E-state index contributed by atoms with van der Waals surface area (Å²) < 4.78 is 30.4. The van der Waals surface area contributed by atoms with Crippen molar-refractivity contribution in [3.05, 3.63) is 42.9 Å². The highest BCUT2D eigenvalue weighted by atomic mass is 19.3. The van der Waals surface area contributed by atoms with E-state index in [4.69, 9.17) is 4.42 Å². The first-order valence-corrected chi connectivity index (χ1v) is 7.53. The van der Waals surface area contributed by atoms with E-state index in [1.54, 1.807) is 0 Å². The fourth-order valence-corrected chi connectivity index (χ4v) is 2.74. The van der Waals surface area contributed by atoms with Crippen LogP contribution in [0.15, 0.2) is 24.9 Å². The Balaban J connectivity index is 2.08. The molecular weight excluding hydrogens is 310 g/mol. The van der Waals surface area contributed by atoms with E-state index in [1.807, 2.05) is 0 Å². The van der Waals surface area contributed by atoms with Gasteiger partial charge >= 0.3 is 11.3 Å². The summed E-state index contributed by atoms with van der Waals surface area (Å²) in [5, 5.41) is 0.000599. The maximum atomic E-state index is 12.6. The van der Waals surface area contributed by atoms with E-state index in [1.165, 1.54) is 18.9 Å². The van der Waals surface area contributed by atoms with Gasteiger partial charge in [0.2, 0.25) is 5.71 Å². The Morgan fingerprint density at radius 2 is 2.04 bits per heavy atom. The zero-order valence-corrected chi connectivity index (χ0v) is 12.3. The van der Waals surface area contributed by atoms with Crippen LogP contribution < -0.4 is 16.9 Å². The molecule has 0 unspecified atom stereocenters. The quantitative estimate of drug-likeness (QED) is 0.874. The zero-order chi connectivity index (χ0) is 16.6. The van der Waals surface area contributed by atoms with Crippen LogP contribution in [0, 0.1) is 5.92 Å². The van der Waals surface area contributed by atoms with Gasteiger partial charge in [0.1, 0.15) is 5.39 Å². The predicted molar refractivity (Wildman–Crippen MR) is 79.0 cm³/mol. The molecule has 0 saturated heterocycles. The van der Waals surface area contributed by atoms with Gasteiger partial charge in [0.15, 0.2) is 0 Å². The van der Waals surface area contributed by atoms with Crippen LogP contribution in [0.2, 0.25) is 0 Å². The summed E-state index contributed by atoms with van der Waals surface area (Å²) in [6, 6.07) is 1.20. The Bertz CT molecular complexity index is 893. The van der Waals surface area contributed by atoms with Gasteiger partial charge in [-0.2, -0.15) is 0 Å². The van der Waals surface area contributed by atoms with Crippen LogP contribution in [0.4, 0.5) is 8.78 Å². The third-order valence-electron chi connectivity index (χ3n) is 4.04. The lowest BCUT2D eigenvalue weighted by Gasteiger charge is -2.08. The van der Waals surface area contributed by atoms with E-state index in [0.717, 1.165) is 12.8 Å². The molecule has 0 radical (unpaired) electrons. The minimum atomic E-state index is -2.83. The van der Waals surface area contributed by atoms with E-state index >= 15 is 0 Å². The van der Waals surface area contributed by atoms with Gasteiger partial charge in [0.25, 0.3) is 12.0 Å². The van der Waals surface area contributed by atoms with Crippen LogP contribution >= 0.6 is 0 Å². The van der Waals surface area contributed by atoms with Crippen molar-refractivity contribution in [3.8, 4) is 0 Å². The molecule has 0 amide bonds. The highest BCUT2D eigenvalue weighted by Gasteiger charge is 2.21. The second-order valence-corrected chi connectivity index (χ2v) is 5.87. The first kappa shape index (κ1) is 15.6. The SMILES string of the molecule is O=c1cc(CCCC2CC2)c2c(=O)n(CC(F)F)c(=O)[nH]c2o1. The molecule has 23 heavy (non-hydrogen) atoms. The fraction of sp³-hybridized carbons (Fsp3) is 0.533. The number of fused-ring (bicyclic) bond motifs is 1. The Morgan fingerprint density at radius 1 is 1.30 bits per heavy atom. The molecule has 8 heteroatoms. The molecule has 0 atom stereocenters.